The molecule has 2 aliphatic rings. The highest BCUT2D eigenvalue weighted by Gasteiger charge is 2.41. The van der Waals surface area contributed by atoms with Crippen molar-refractivity contribution in [2.45, 2.75) is 58.7 Å². The monoisotopic (exact) mass is 300 g/mol. The van der Waals surface area contributed by atoms with Gasteiger partial charge >= 0.3 is 0 Å². The summed E-state index contributed by atoms with van der Waals surface area (Å²) in [5, 5.41) is 8.46. The quantitative estimate of drug-likeness (QED) is 0.808. The van der Waals surface area contributed by atoms with Crippen molar-refractivity contribution in [2.75, 3.05) is 0 Å². The van der Waals surface area contributed by atoms with E-state index in [9.17, 15) is 4.79 Å². The minimum absolute atomic E-state index is 0.0956. The Bertz CT molecular complexity index is 745. The van der Waals surface area contributed by atoms with Gasteiger partial charge in [0.15, 0.2) is 0 Å². The minimum atomic E-state index is 0.0956. The molecule has 0 unspecified atom stereocenters. The van der Waals surface area contributed by atoms with Gasteiger partial charge in [-0.1, -0.05) is 0 Å². The van der Waals surface area contributed by atoms with E-state index in [4.69, 9.17) is 4.42 Å². The van der Waals surface area contributed by atoms with Crippen LogP contribution < -0.4 is 0 Å². The highest BCUT2D eigenvalue weighted by atomic mass is 16.3. The Morgan fingerprint density at radius 3 is 2.73 bits per heavy atom. The average molecular weight is 300 g/mol. The smallest absolute Gasteiger partial charge is 0.257 e. The van der Waals surface area contributed by atoms with E-state index >= 15 is 0 Å². The summed E-state index contributed by atoms with van der Waals surface area (Å²) < 4.78 is 7.70. The number of rotatable bonds is 1. The topological polar surface area (TPSA) is 64.2 Å². The first-order valence-electron chi connectivity index (χ1n) is 7.83. The van der Waals surface area contributed by atoms with Crippen molar-refractivity contribution in [1.29, 1.82) is 0 Å². The number of hydrogen-bond donors (Lipinski definition) is 0. The standard InChI is InChI=1S/C16H20N4O2/c1-9-6-14(10(2)22-9)16(21)20-12-4-5-13(20)8-19-11(3)17-18-15(19)7-12/h6,12-13H,4-5,7-8H2,1-3H3/t12-,13+/m0/s1. The van der Waals surface area contributed by atoms with E-state index in [0.717, 1.165) is 43.2 Å². The number of carbonyl (C=O) groups is 1. The fourth-order valence-electron chi connectivity index (χ4n) is 3.89. The van der Waals surface area contributed by atoms with E-state index in [2.05, 4.69) is 19.7 Å². The molecule has 1 amide bonds. The fraction of sp³-hybridized carbons (Fsp3) is 0.562. The highest BCUT2D eigenvalue weighted by Crippen LogP contribution is 2.33. The van der Waals surface area contributed by atoms with Crippen molar-refractivity contribution in [1.82, 2.24) is 19.7 Å². The molecule has 4 rings (SSSR count). The Labute approximate surface area is 129 Å². The molecule has 0 aromatic carbocycles. The van der Waals surface area contributed by atoms with Crippen LogP contribution >= 0.6 is 0 Å². The Balaban J connectivity index is 1.69. The maximum absolute atomic E-state index is 13.0. The van der Waals surface area contributed by atoms with Gasteiger partial charge in [-0.05, 0) is 39.7 Å². The van der Waals surface area contributed by atoms with Gasteiger partial charge < -0.3 is 13.9 Å². The van der Waals surface area contributed by atoms with Gasteiger partial charge in [0.2, 0.25) is 0 Å². The molecule has 2 atom stereocenters. The number of amides is 1. The highest BCUT2D eigenvalue weighted by molar-refractivity contribution is 5.96. The SMILES string of the molecule is Cc1cc(C(=O)N2[C@@H]3CC[C@H]2Cc2nnc(C)n2C3)c(C)o1. The van der Waals surface area contributed by atoms with Crippen molar-refractivity contribution >= 4 is 5.91 Å². The molecule has 0 saturated carbocycles. The average Bonchev–Trinajstić information content (AvgIpc) is 3.06. The molecule has 2 aliphatic heterocycles. The van der Waals surface area contributed by atoms with Crippen LogP contribution in [0.1, 0.15) is 46.4 Å². The van der Waals surface area contributed by atoms with Crippen LogP contribution in [0, 0.1) is 20.8 Å². The lowest BCUT2D eigenvalue weighted by atomic mass is 10.1. The van der Waals surface area contributed by atoms with Crippen LogP contribution in [0.3, 0.4) is 0 Å². The zero-order valence-corrected chi connectivity index (χ0v) is 13.2. The summed E-state index contributed by atoms with van der Waals surface area (Å²) in [7, 11) is 0. The van der Waals surface area contributed by atoms with Crippen LogP contribution in [0.4, 0.5) is 0 Å². The third-order valence-corrected chi connectivity index (χ3v) is 4.95. The summed E-state index contributed by atoms with van der Waals surface area (Å²) in [6.07, 6.45) is 2.88. The summed E-state index contributed by atoms with van der Waals surface area (Å²) in [5.74, 6) is 3.53. The normalized spacial score (nSPS) is 23.5. The van der Waals surface area contributed by atoms with Gasteiger partial charge in [-0.25, -0.2) is 0 Å². The first kappa shape index (κ1) is 13.5. The molecule has 0 spiro atoms. The number of fused-ring (bicyclic) bond motifs is 3. The molecular weight excluding hydrogens is 280 g/mol. The van der Waals surface area contributed by atoms with Crippen LogP contribution in [0.2, 0.25) is 0 Å². The first-order chi connectivity index (χ1) is 10.5. The van der Waals surface area contributed by atoms with Crippen molar-refractivity contribution in [2.24, 2.45) is 0 Å². The predicted molar refractivity (Wildman–Crippen MR) is 79.6 cm³/mol. The number of aryl methyl sites for hydroxylation is 3. The van der Waals surface area contributed by atoms with Crippen LogP contribution in [0.5, 0.6) is 0 Å². The van der Waals surface area contributed by atoms with Gasteiger partial charge in [-0.2, -0.15) is 0 Å². The van der Waals surface area contributed by atoms with E-state index in [0.29, 0.717) is 11.3 Å². The maximum Gasteiger partial charge on any atom is 0.257 e. The molecule has 116 valence electrons. The van der Waals surface area contributed by atoms with E-state index in [1.807, 2.05) is 26.8 Å². The molecule has 22 heavy (non-hydrogen) atoms. The molecule has 1 fully saturated rings. The van der Waals surface area contributed by atoms with Crippen molar-refractivity contribution < 1.29 is 9.21 Å². The van der Waals surface area contributed by atoms with Gasteiger partial charge in [-0.3, -0.25) is 4.79 Å². The molecule has 2 aromatic heterocycles. The van der Waals surface area contributed by atoms with Gasteiger partial charge in [0, 0.05) is 19.0 Å². The molecule has 6 nitrogen and oxygen atoms in total. The molecule has 0 N–H and O–H groups in total. The molecular formula is C16H20N4O2. The largest absolute Gasteiger partial charge is 0.466 e. The van der Waals surface area contributed by atoms with E-state index < -0.39 is 0 Å². The lowest BCUT2D eigenvalue weighted by Crippen LogP contribution is -2.42. The number of hydrogen-bond acceptors (Lipinski definition) is 4. The minimum Gasteiger partial charge on any atom is -0.466 e. The fourth-order valence-corrected chi connectivity index (χ4v) is 3.89. The van der Waals surface area contributed by atoms with E-state index in [-0.39, 0.29) is 18.0 Å². The molecule has 2 bridgehead atoms. The van der Waals surface area contributed by atoms with Crippen LogP contribution in [-0.4, -0.2) is 37.7 Å². The second-order valence-electron chi connectivity index (χ2n) is 6.40. The number of furan rings is 1. The summed E-state index contributed by atoms with van der Waals surface area (Å²) in [4.78, 5) is 15.1. The van der Waals surface area contributed by atoms with Crippen LogP contribution in [-0.2, 0) is 13.0 Å². The Hall–Kier alpha value is -2.11. The number of nitrogens with zero attached hydrogens (tertiary/aromatic N) is 4. The molecule has 6 heteroatoms. The second-order valence-corrected chi connectivity index (χ2v) is 6.40. The van der Waals surface area contributed by atoms with Crippen molar-refractivity contribution in [3.8, 4) is 0 Å². The first-order valence-corrected chi connectivity index (χ1v) is 7.83. The van der Waals surface area contributed by atoms with Gasteiger partial charge in [0.25, 0.3) is 5.91 Å². The summed E-state index contributed by atoms with van der Waals surface area (Å²) in [6, 6.07) is 2.30. The summed E-state index contributed by atoms with van der Waals surface area (Å²) >= 11 is 0. The third kappa shape index (κ3) is 1.90. The molecule has 2 aromatic rings. The lowest BCUT2D eigenvalue weighted by molar-refractivity contribution is 0.0663. The van der Waals surface area contributed by atoms with Crippen molar-refractivity contribution in [3.05, 3.63) is 34.8 Å². The Morgan fingerprint density at radius 2 is 2.00 bits per heavy atom. The predicted octanol–water partition coefficient (Wildman–Crippen LogP) is 2.03. The van der Waals surface area contributed by atoms with E-state index in [1.165, 1.54) is 0 Å². The Kier molecular flexibility index (Phi) is 2.89. The Morgan fingerprint density at radius 1 is 1.23 bits per heavy atom. The zero-order chi connectivity index (χ0) is 15.4. The molecule has 1 saturated heterocycles. The van der Waals surface area contributed by atoms with Gasteiger partial charge in [0.05, 0.1) is 11.6 Å². The lowest BCUT2D eigenvalue weighted by Gasteiger charge is -2.27. The molecule has 4 heterocycles. The third-order valence-electron chi connectivity index (χ3n) is 4.95. The molecule has 0 aliphatic carbocycles. The summed E-state index contributed by atoms with van der Waals surface area (Å²) in [5.41, 5.74) is 0.698. The number of aromatic nitrogens is 3. The van der Waals surface area contributed by atoms with Crippen LogP contribution in [0.25, 0.3) is 0 Å². The zero-order valence-electron chi connectivity index (χ0n) is 13.2. The van der Waals surface area contributed by atoms with Gasteiger partial charge in [0.1, 0.15) is 23.2 Å². The van der Waals surface area contributed by atoms with Gasteiger partial charge in [-0.15, -0.1) is 10.2 Å². The van der Waals surface area contributed by atoms with Crippen LogP contribution in [0.15, 0.2) is 10.5 Å². The van der Waals surface area contributed by atoms with E-state index in [1.54, 1.807) is 0 Å². The summed E-state index contributed by atoms with van der Waals surface area (Å²) in [6.45, 7) is 6.52. The number of carbonyl (C=O) groups excluding carboxylic acids is 1. The molecule has 0 radical (unpaired) electrons. The maximum atomic E-state index is 13.0. The second kappa shape index (κ2) is 4.69. The van der Waals surface area contributed by atoms with Crippen molar-refractivity contribution in [3.63, 3.8) is 0 Å².